The van der Waals surface area contributed by atoms with Gasteiger partial charge in [-0.2, -0.15) is 0 Å². The third-order valence-corrected chi connectivity index (χ3v) is 2.94. The van der Waals surface area contributed by atoms with E-state index in [2.05, 4.69) is 6.92 Å². The van der Waals surface area contributed by atoms with E-state index in [9.17, 15) is 9.90 Å². The number of carbonyl (C=O) groups is 1. The van der Waals surface area contributed by atoms with Crippen LogP contribution in [0.3, 0.4) is 0 Å². The summed E-state index contributed by atoms with van der Waals surface area (Å²) in [5.41, 5.74) is 0. The normalized spacial score (nSPS) is 24.1. The van der Waals surface area contributed by atoms with Gasteiger partial charge >= 0.3 is 5.97 Å². The fourth-order valence-corrected chi connectivity index (χ4v) is 2.03. The Morgan fingerprint density at radius 1 is 1.67 bits per heavy atom. The van der Waals surface area contributed by atoms with Gasteiger partial charge in [0, 0.05) is 13.1 Å². The highest BCUT2D eigenvalue weighted by Gasteiger charge is 2.31. The van der Waals surface area contributed by atoms with Crippen LogP contribution < -0.4 is 0 Å². The summed E-state index contributed by atoms with van der Waals surface area (Å²) in [5.74, 6) is -0.169. The SMILES string of the molecule is CCCCC(C(=O)OC)N1CCC(O)C1. The van der Waals surface area contributed by atoms with Crippen molar-refractivity contribution < 1.29 is 14.6 Å². The molecule has 0 saturated carbocycles. The van der Waals surface area contributed by atoms with Gasteiger partial charge in [-0.3, -0.25) is 9.69 Å². The zero-order valence-corrected chi connectivity index (χ0v) is 9.61. The second kappa shape index (κ2) is 6.08. The molecule has 0 aliphatic carbocycles. The predicted octanol–water partition coefficient (Wildman–Crippen LogP) is 0.785. The van der Waals surface area contributed by atoms with Crippen LogP contribution in [0.5, 0.6) is 0 Å². The number of esters is 1. The molecule has 4 heteroatoms. The van der Waals surface area contributed by atoms with Crippen LogP contribution in [0.25, 0.3) is 0 Å². The molecule has 2 unspecified atom stereocenters. The Labute approximate surface area is 91.2 Å². The quantitative estimate of drug-likeness (QED) is 0.689. The van der Waals surface area contributed by atoms with Gasteiger partial charge in [-0.15, -0.1) is 0 Å². The summed E-state index contributed by atoms with van der Waals surface area (Å²) in [5, 5.41) is 9.43. The van der Waals surface area contributed by atoms with Crippen LogP contribution in [-0.2, 0) is 9.53 Å². The maximum atomic E-state index is 11.6. The minimum Gasteiger partial charge on any atom is -0.468 e. The van der Waals surface area contributed by atoms with Crippen LogP contribution in [0.1, 0.15) is 32.6 Å². The summed E-state index contributed by atoms with van der Waals surface area (Å²) >= 11 is 0. The smallest absolute Gasteiger partial charge is 0.323 e. The first-order valence-corrected chi connectivity index (χ1v) is 5.69. The van der Waals surface area contributed by atoms with Crippen molar-refractivity contribution in [1.29, 1.82) is 0 Å². The Morgan fingerprint density at radius 2 is 2.40 bits per heavy atom. The number of aliphatic hydroxyl groups excluding tert-OH is 1. The lowest BCUT2D eigenvalue weighted by atomic mass is 10.1. The molecule has 0 amide bonds. The number of nitrogens with zero attached hydrogens (tertiary/aromatic N) is 1. The molecule has 4 nitrogen and oxygen atoms in total. The fraction of sp³-hybridized carbons (Fsp3) is 0.909. The highest BCUT2D eigenvalue weighted by Crippen LogP contribution is 2.17. The second-order valence-electron chi connectivity index (χ2n) is 4.12. The minimum absolute atomic E-state index is 0.160. The molecule has 88 valence electrons. The van der Waals surface area contributed by atoms with Gasteiger partial charge in [-0.1, -0.05) is 19.8 Å². The van der Waals surface area contributed by atoms with E-state index in [1.807, 2.05) is 4.90 Å². The molecular weight excluding hydrogens is 194 g/mol. The molecule has 0 spiro atoms. The van der Waals surface area contributed by atoms with E-state index in [1.54, 1.807) is 0 Å². The third-order valence-electron chi connectivity index (χ3n) is 2.94. The Hall–Kier alpha value is -0.610. The van der Waals surface area contributed by atoms with Crippen molar-refractivity contribution in [2.45, 2.75) is 44.8 Å². The molecule has 0 radical (unpaired) electrons. The Bertz CT molecular complexity index is 208. The predicted molar refractivity (Wildman–Crippen MR) is 57.5 cm³/mol. The summed E-state index contributed by atoms with van der Waals surface area (Å²) in [7, 11) is 1.42. The summed E-state index contributed by atoms with van der Waals surface area (Å²) in [6.07, 6.45) is 3.41. The average Bonchev–Trinajstić information content (AvgIpc) is 2.65. The van der Waals surface area contributed by atoms with Gasteiger partial charge in [-0.05, 0) is 12.8 Å². The van der Waals surface area contributed by atoms with Gasteiger partial charge in [0.15, 0.2) is 0 Å². The van der Waals surface area contributed by atoms with Crippen molar-refractivity contribution in [3.8, 4) is 0 Å². The molecule has 0 aromatic carbocycles. The van der Waals surface area contributed by atoms with Crippen molar-refractivity contribution in [2.24, 2.45) is 0 Å². The molecule has 1 rings (SSSR count). The molecule has 1 N–H and O–H groups in total. The van der Waals surface area contributed by atoms with Gasteiger partial charge in [0.1, 0.15) is 6.04 Å². The lowest BCUT2D eigenvalue weighted by Crippen LogP contribution is -2.40. The van der Waals surface area contributed by atoms with Crippen molar-refractivity contribution in [1.82, 2.24) is 4.90 Å². The largest absolute Gasteiger partial charge is 0.468 e. The summed E-state index contributed by atoms with van der Waals surface area (Å²) in [6, 6.07) is -0.160. The number of rotatable bonds is 5. The van der Waals surface area contributed by atoms with E-state index in [0.29, 0.717) is 6.54 Å². The zero-order chi connectivity index (χ0) is 11.3. The molecule has 1 aliphatic rings. The topological polar surface area (TPSA) is 49.8 Å². The zero-order valence-electron chi connectivity index (χ0n) is 9.61. The average molecular weight is 215 g/mol. The monoisotopic (exact) mass is 215 g/mol. The van der Waals surface area contributed by atoms with Crippen LogP contribution in [0.2, 0.25) is 0 Å². The Morgan fingerprint density at radius 3 is 2.87 bits per heavy atom. The summed E-state index contributed by atoms with van der Waals surface area (Å²) < 4.78 is 4.79. The maximum absolute atomic E-state index is 11.6. The number of aliphatic hydroxyl groups is 1. The molecule has 2 atom stereocenters. The van der Waals surface area contributed by atoms with Gasteiger partial charge in [0.25, 0.3) is 0 Å². The number of likely N-dealkylation sites (tertiary alicyclic amines) is 1. The second-order valence-corrected chi connectivity index (χ2v) is 4.12. The molecule has 1 aliphatic heterocycles. The van der Waals surface area contributed by atoms with Crippen LogP contribution in [0.15, 0.2) is 0 Å². The molecule has 1 heterocycles. The maximum Gasteiger partial charge on any atom is 0.323 e. The fourth-order valence-electron chi connectivity index (χ4n) is 2.03. The number of unbranched alkanes of at least 4 members (excludes halogenated alkanes) is 1. The van der Waals surface area contributed by atoms with Crippen LogP contribution in [0.4, 0.5) is 0 Å². The van der Waals surface area contributed by atoms with E-state index in [0.717, 1.165) is 32.2 Å². The van der Waals surface area contributed by atoms with E-state index in [4.69, 9.17) is 4.74 Å². The van der Waals surface area contributed by atoms with E-state index in [-0.39, 0.29) is 18.1 Å². The molecule has 0 bridgehead atoms. The van der Waals surface area contributed by atoms with Crippen molar-refractivity contribution >= 4 is 5.97 Å². The summed E-state index contributed by atoms with van der Waals surface area (Å²) in [4.78, 5) is 13.6. The van der Waals surface area contributed by atoms with Crippen LogP contribution >= 0.6 is 0 Å². The van der Waals surface area contributed by atoms with Gasteiger partial charge in [0.05, 0.1) is 13.2 Å². The Kier molecular flexibility index (Phi) is 5.05. The molecule has 1 saturated heterocycles. The molecule has 0 aromatic rings. The van der Waals surface area contributed by atoms with Crippen molar-refractivity contribution in [3.63, 3.8) is 0 Å². The number of hydrogen-bond donors (Lipinski definition) is 1. The van der Waals surface area contributed by atoms with Gasteiger partial charge < -0.3 is 9.84 Å². The van der Waals surface area contributed by atoms with E-state index < -0.39 is 0 Å². The molecule has 1 fully saturated rings. The number of ether oxygens (including phenoxy) is 1. The molecular formula is C11H21NO3. The first-order valence-electron chi connectivity index (χ1n) is 5.69. The standard InChI is InChI=1S/C11H21NO3/c1-3-4-5-10(11(14)15-2)12-7-6-9(13)8-12/h9-10,13H,3-8H2,1-2H3. The first kappa shape index (κ1) is 12.5. The summed E-state index contributed by atoms with van der Waals surface area (Å²) in [6.45, 7) is 3.50. The number of carbonyl (C=O) groups excluding carboxylic acids is 1. The number of methoxy groups -OCH3 is 1. The number of β-amino-alcohol motifs (C(OH)–C–C–N with tert-alkyl or cyclic N) is 1. The lowest BCUT2D eigenvalue weighted by molar-refractivity contribution is -0.147. The van der Waals surface area contributed by atoms with E-state index in [1.165, 1.54) is 7.11 Å². The van der Waals surface area contributed by atoms with Crippen LogP contribution in [-0.4, -0.2) is 48.3 Å². The highest BCUT2D eigenvalue weighted by atomic mass is 16.5. The van der Waals surface area contributed by atoms with Crippen molar-refractivity contribution in [2.75, 3.05) is 20.2 Å². The molecule has 15 heavy (non-hydrogen) atoms. The molecule has 0 aromatic heterocycles. The van der Waals surface area contributed by atoms with Gasteiger partial charge in [0.2, 0.25) is 0 Å². The minimum atomic E-state index is -0.279. The first-order chi connectivity index (χ1) is 7.19. The lowest BCUT2D eigenvalue weighted by Gasteiger charge is -2.24. The highest BCUT2D eigenvalue weighted by molar-refractivity contribution is 5.75. The van der Waals surface area contributed by atoms with Crippen molar-refractivity contribution in [3.05, 3.63) is 0 Å². The third kappa shape index (κ3) is 3.47. The number of hydrogen-bond acceptors (Lipinski definition) is 4. The van der Waals surface area contributed by atoms with Gasteiger partial charge in [-0.25, -0.2) is 0 Å². The van der Waals surface area contributed by atoms with Crippen LogP contribution in [0, 0.1) is 0 Å². The Balaban J connectivity index is 2.51. The van der Waals surface area contributed by atoms with E-state index >= 15 is 0 Å².